The maximum Gasteiger partial charge on any atom is 0.308 e. The van der Waals surface area contributed by atoms with Gasteiger partial charge in [-0.1, -0.05) is 93.6 Å². The Morgan fingerprint density at radius 2 is 1.55 bits per heavy atom. The molecular weight excluding hydrogens is 408 g/mol. The van der Waals surface area contributed by atoms with E-state index in [1.54, 1.807) is 12.2 Å². The van der Waals surface area contributed by atoms with E-state index in [0.29, 0.717) is 0 Å². The summed E-state index contributed by atoms with van der Waals surface area (Å²) in [4.78, 5) is 11.7. The predicted octanol–water partition coefficient (Wildman–Crippen LogP) is 2.81. The topological polar surface area (TPSA) is 65.0 Å². The molecule has 0 aromatic heterocycles. The molecule has 2 aromatic carbocycles. The Balaban J connectivity index is 1.93. The number of rotatable bonds is 7. The van der Waals surface area contributed by atoms with Gasteiger partial charge in [-0.25, -0.2) is 0 Å². The number of methoxy groups -OCH3 is 1. The van der Waals surface area contributed by atoms with Crippen LogP contribution in [0, 0.1) is 0 Å². The molecule has 3 atom stereocenters. The normalized spacial score (nSPS) is 21.6. The molecular formula is C25H32O5Si. The first kappa shape index (κ1) is 23.4. The third-order valence-electron chi connectivity index (χ3n) is 5.73. The molecule has 5 nitrogen and oxygen atoms in total. The summed E-state index contributed by atoms with van der Waals surface area (Å²) in [5.74, 6) is -0.349. The molecule has 0 unspecified atom stereocenters. The van der Waals surface area contributed by atoms with Crippen LogP contribution in [0.5, 0.6) is 0 Å². The number of hydrogen-bond acceptors (Lipinski definition) is 5. The molecule has 31 heavy (non-hydrogen) atoms. The Hall–Kier alpha value is -2.25. The fourth-order valence-electron chi connectivity index (χ4n) is 4.18. The van der Waals surface area contributed by atoms with E-state index in [1.165, 1.54) is 17.5 Å². The summed E-state index contributed by atoms with van der Waals surface area (Å²) in [5, 5.41) is 12.7. The zero-order valence-electron chi connectivity index (χ0n) is 18.7. The van der Waals surface area contributed by atoms with E-state index in [4.69, 9.17) is 13.9 Å². The van der Waals surface area contributed by atoms with Crippen LogP contribution >= 0.6 is 0 Å². The third kappa shape index (κ3) is 5.15. The zero-order valence-corrected chi connectivity index (χ0v) is 19.7. The highest BCUT2D eigenvalue weighted by Gasteiger charge is 2.50. The number of aliphatic hydroxyl groups is 1. The Bertz CT molecular complexity index is 836. The minimum Gasteiger partial charge on any atom is -0.469 e. The largest absolute Gasteiger partial charge is 0.469 e. The fraction of sp³-hybridized carbons (Fsp3) is 0.400. The lowest BCUT2D eigenvalue weighted by Gasteiger charge is -2.44. The molecule has 1 aliphatic rings. The summed E-state index contributed by atoms with van der Waals surface area (Å²) >= 11 is 0. The molecule has 0 amide bonds. The Kier molecular flexibility index (Phi) is 7.49. The Morgan fingerprint density at radius 1 is 1.00 bits per heavy atom. The lowest BCUT2D eigenvalue weighted by atomic mass is 10.1. The monoisotopic (exact) mass is 440 g/mol. The molecule has 2 aromatic rings. The lowest BCUT2D eigenvalue weighted by molar-refractivity contribution is -0.146. The highest BCUT2D eigenvalue weighted by Crippen LogP contribution is 2.37. The van der Waals surface area contributed by atoms with Gasteiger partial charge in [0.05, 0.1) is 26.2 Å². The van der Waals surface area contributed by atoms with Crippen LogP contribution in [0.3, 0.4) is 0 Å². The van der Waals surface area contributed by atoms with Crippen molar-refractivity contribution < 1.29 is 23.8 Å². The number of aliphatic hydroxyl groups excluding tert-OH is 1. The number of ether oxygens (including phenoxy) is 2. The summed E-state index contributed by atoms with van der Waals surface area (Å²) in [5.41, 5.74) is 0. The van der Waals surface area contributed by atoms with Crippen molar-refractivity contribution in [3.63, 3.8) is 0 Å². The quantitative estimate of drug-likeness (QED) is 0.407. The second-order valence-electron chi connectivity index (χ2n) is 8.84. The molecule has 0 fully saturated rings. The van der Waals surface area contributed by atoms with Crippen molar-refractivity contribution in [3.05, 3.63) is 72.8 Å². The second-order valence-corrected chi connectivity index (χ2v) is 13.1. The summed E-state index contributed by atoms with van der Waals surface area (Å²) in [7, 11) is -1.38. The molecule has 1 heterocycles. The molecule has 0 bridgehead atoms. The molecule has 0 spiro atoms. The van der Waals surface area contributed by atoms with Crippen molar-refractivity contribution in [2.45, 2.75) is 50.5 Å². The van der Waals surface area contributed by atoms with Crippen LogP contribution in [-0.4, -0.2) is 51.4 Å². The highest BCUT2D eigenvalue weighted by atomic mass is 28.4. The third-order valence-corrected chi connectivity index (χ3v) is 10.7. The molecule has 166 valence electrons. The van der Waals surface area contributed by atoms with E-state index < -0.39 is 26.6 Å². The van der Waals surface area contributed by atoms with Gasteiger partial charge in [-0.2, -0.15) is 0 Å². The Morgan fingerprint density at radius 3 is 2.03 bits per heavy atom. The van der Waals surface area contributed by atoms with Gasteiger partial charge < -0.3 is 19.0 Å². The van der Waals surface area contributed by atoms with E-state index in [9.17, 15) is 9.90 Å². The fourth-order valence-corrected chi connectivity index (χ4v) is 8.75. The van der Waals surface area contributed by atoms with Gasteiger partial charge >= 0.3 is 5.97 Å². The van der Waals surface area contributed by atoms with Crippen molar-refractivity contribution in [3.8, 4) is 0 Å². The van der Waals surface area contributed by atoms with E-state index in [1.807, 2.05) is 36.4 Å². The van der Waals surface area contributed by atoms with Crippen LogP contribution in [0.4, 0.5) is 0 Å². The van der Waals surface area contributed by atoms with Crippen molar-refractivity contribution in [2.24, 2.45) is 0 Å². The van der Waals surface area contributed by atoms with E-state index in [-0.39, 0.29) is 24.0 Å². The van der Waals surface area contributed by atoms with Gasteiger partial charge in [0.2, 0.25) is 0 Å². The van der Waals surface area contributed by atoms with Crippen LogP contribution in [0.25, 0.3) is 0 Å². The standard InChI is InChI=1S/C25H32O5Si/c1-25(2,3)31(20-11-7-5-8-12-20,21-13-9-6-10-14-21)29-18-23-22(26)16-15-19(30-23)17-24(27)28-4/h5-16,19,22-23,26H,17-18H2,1-4H3/t19-,22+,23-/m0/s1. The molecule has 1 aliphatic heterocycles. The zero-order chi connectivity index (χ0) is 22.5. The smallest absolute Gasteiger partial charge is 0.308 e. The van der Waals surface area contributed by atoms with Gasteiger partial charge in [-0.05, 0) is 15.4 Å². The van der Waals surface area contributed by atoms with Crippen LogP contribution < -0.4 is 10.4 Å². The second kappa shape index (κ2) is 9.91. The minimum atomic E-state index is -2.73. The van der Waals surface area contributed by atoms with Gasteiger partial charge in [0, 0.05) is 0 Å². The van der Waals surface area contributed by atoms with Crippen LogP contribution in [-0.2, 0) is 18.7 Å². The highest BCUT2D eigenvalue weighted by molar-refractivity contribution is 6.99. The maximum atomic E-state index is 11.7. The van der Waals surface area contributed by atoms with Gasteiger partial charge in [0.25, 0.3) is 8.32 Å². The van der Waals surface area contributed by atoms with Crippen LogP contribution in [0.1, 0.15) is 27.2 Å². The van der Waals surface area contributed by atoms with E-state index >= 15 is 0 Å². The molecule has 0 saturated carbocycles. The molecule has 1 N–H and O–H groups in total. The molecule has 6 heteroatoms. The lowest BCUT2D eigenvalue weighted by Crippen LogP contribution is -2.67. The molecule has 0 aliphatic carbocycles. The predicted molar refractivity (Wildman–Crippen MR) is 124 cm³/mol. The Labute approximate surface area is 185 Å². The van der Waals surface area contributed by atoms with Crippen LogP contribution in [0.2, 0.25) is 5.04 Å². The van der Waals surface area contributed by atoms with Crippen LogP contribution in [0.15, 0.2) is 72.8 Å². The van der Waals surface area contributed by atoms with Gasteiger partial charge in [0.1, 0.15) is 12.2 Å². The summed E-state index contributed by atoms with van der Waals surface area (Å²) < 4.78 is 17.6. The number of esters is 1. The average molecular weight is 441 g/mol. The van der Waals surface area contributed by atoms with E-state index in [2.05, 4.69) is 45.0 Å². The first-order valence-electron chi connectivity index (χ1n) is 10.6. The van der Waals surface area contributed by atoms with Crippen molar-refractivity contribution in [1.82, 2.24) is 0 Å². The first-order chi connectivity index (χ1) is 14.8. The van der Waals surface area contributed by atoms with Crippen molar-refractivity contribution in [1.29, 1.82) is 0 Å². The molecule has 3 rings (SSSR count). The maximum absolute atomic E-state index is 11.7. The van der Waals surface area contributed by atoms with Crippen molar-refractivity contribution in [2.75, 3.05) is 13.7 Å². The van der Waals surface area contributed by atoms with Crippen molar-refractivity contribution >= 4 is 24.7 Å². The number of carbonyl (C=O) groups excluding carboxylic acids is 1. The van der Waals surface area contributed by atoms with E-state index in [0.717, 1.165) is 0 Å². The minimum absolute atomic E-state index is 0.107. The average Bonchev–Trinajstić information content (AvgIpc) is 2.76. The van der Waals surface area contributed by atoms with Gasteiger partial charge in [0.15, 0.2) is 0 Å². The number of carbonyl (C=O) groups is 1. The first-order valence-corrected chi connectivity index (χ1v) is 12.5. The number of hydrogen-bond donors (Lipinski definition) is 1. The molecule has 0 saturated heterocycles. The summed E-state index contributed by atoms with van der Waals surface area (Å²) in [6.07, 6.45) is 1.68. The SMILES string of the molecule is COC(=O)C[C@@H]1C=C[C@@H](O)[C@H](CO[Si](c2ccccc2)(c2ccccc2)C(C)(C)C)O1. The van der Waals surface area contributed by atoms with Gasteiger partial charge in [-0.15, -0.1) is 0 Å². The number of benzene rings is 2. The summed E-state index contributed by atoms with van der Waals surface area (Å²) in [6.45, 7) is 6.84. The molecule has 0 radical (unpaired) electrons. The summed E-state index contributed by atoms with van der Waals surface area (Å²) in [6, 6.07) is 20.7. The van der Waals surface area contributed by atoms with Gasteiger partial charge in [-0.3, -0.25) is 4.79 Å².